The van der Waals surface area contributed by atoms with Crippen LogP contribution in [0.5, 0.6) is 11.5 Å². The van der Waals surface area contributed by atoms with Gasteiger partial charge < -0.3 is 25.4 Å². The summed E-state index contributed by atoms with van der Waals surface area (Å²) in [6.45, 7) is 6.31. The maximum absolute atomic E-state index is 8.06. The van der Waals surface area contributed by atoms with Crippen LogP contribution < -0.4 is 20.6 Å². The zero-order chi connectivity index (χ0) is 19.5. The van der Waals surface area contributed by atoms with Crippen molar-refractivity contribution in [2.24, 2.45) is 10.9 Å². The van der Waals surface area contributed by atoms with Gasteiger partial charge in [-0.2, -0.15) is 5.10 Å². The highest BCUT2D eigenvalue weighted by atomic mass is 16.5. The van der Waals surface area contributed by atoms with E-state index in [1.54, 1.807) is 26.4 Å². The molecule has 0 aliphatic carbocycles. The number of ether oxygens (including phenoxy) is 3. The summed E-state index contributed by atoms with van der Waals surface area (Å²) in [7, 11) is 4.73. The molecule has 0 radical (unpaired) electrons. The molecular weight excluding hydrogens is 332 g/mol. The molecule has 26 heavy (non-hydrogen) atoms. The Labute approximate surface area is 154 Å². The third-order valence-corrected chi connectivity index (χ3v) is 3.54. The van der Waals surface area contributed by atoms with Crippen molar-refractivity contribution >= 4 is 11.9 Å². The monoisotopic (exact) mass is 358 g/mol. The zero-order valence-electron chi connectivity index (χ0n) is 15.6. The third kappa shape index (κ3) is 5.41. The minimum absolute atomic E-state index is 0.118. The minimum atomic E-state index is 0.118. The quantitative estimate of drug-likeness (QED) is 0.196. The van der Waals surface area contributed by atoms with Gasteiger partial charge in [-0.15, -0.1) is 0 Å². The summed E-state index contributed by atoms with van der Waals surface area (Å²) in [5.41, 5.74) is 2.08. The summed E-state index contributed by atoms with van der Waals surface area (Å²) in [6.07, 6.45) is 4.78. The van der Waals surface area contributed by atoms with Gasteiger partial charge in [-0.3, -0.25) is 5.41 Å². The fourth-order valence-corrected chi connectivity index (χ4v) is 2.27. The second-order valence-corrected chi connectivity index (χ2v) is 5.15. The summed E-state index contributed by atoms with van der Waals surface area (Å²) >= 11 is 0. The molecule has 0 spiro atoms. The van der Waals surface area contributed by atoms with Crippen LogP contribution in [0.4, 0.5) is 0 Å². The van der Waals surface area contributed by atoms with E-state index in [1.807, 2.05) is 25.1 Å². The van der Waals surface area contributed by atoms with Crippen molar-refractivity contribution in [3.8, 4) is 11.5 Å². The lowest BCUT2D eigenvalue weighted by atomic mass is 10.1. The average molecular weight is 358 g/mol. The van der Waals surface area contributed by atoms with Gasteiger partial charge in [-0.1, -0.05) is 18.7 Å². The van der Waals surface area contributed by atoms with Crippen molar-refractivity contribution in [3.05, 3.63) is 59.5 Å². The topological polar surface area (TPSA) is 102 Å². The van der Waals surface area contributed by atoms with Gasteiger partial charge in [0.25, 0.3) is 0 Å². The van der Waals surface area contributed by atoms with Gasteiger partial charge >= 0.3 is 0 Å². The maximum Gasteiger partial charge on any atom is 0.150 e. The third-order valence-electron chi connectivity index (χ3n) is 3.54. The normalized spacial score (nSPS) is 12.0. The number of nitrogens with zero attached hydrogens (tertiary/aromatic N) is 1. The van der Waals surface area contributed by atoms with Crippen LogP contribution in [0.15, 0.2) is 59.1 Å². The number of rotatable bonds is 10. The molecule has 0 amide bonds. The molecule has 0 aliphatic rings. The molecule has 0 fully saturated rings. The van der Waals surface area contributed by atoms with Crippen LogP contribution >= 0.6 is 0 Å². The molecule has 0 saturated heterocycles. The first-order chi connectivity index (χ1) is 12.5. The van der Waals surface area contributed by atoms with E-state index in [2.05, 4.69) is 17.0 Å². The van der Waals surface area contributed by atoms with E-state index in [9.17, 15) is 0 Å². The van der Waals surface area contributed by atoms with Crippen LogP contribution in [-0.4, -0.2) is 33.3 Å². The first-order valence-electron chi connectivity index (χ1n) is 7.89. The van der Waals surface area contributed by atoms with Crippen LogP contribution in [0.1, 0.15) is 12.5 Å². The predicted octanol–water partition coefficient (Wildman–Crippen LogP) is 2.75. The molecule has 0 unspecified atom stereocenters. The van der Waals surface area contributed by atoms with E-state index < -0.39 is 0 Å². The molecule has 0 aliphatic heterocycles. The molecule has 0 atom stereocenters. The van der Waals surface area contributed by atoms with Crippen molar-refractivity contribution in [1.82, 2.24) is 5.32 Å². The first kappa shape index (κ1) is 20.8. The Morgan fingerprint density at radius 2 is 2.04 bits per heavy atom. The molecule has 1 aromatic rings. The fourth-order valence-electron chi connectivity index (χ4n) is 2.27. The molecule has 0 heterocycles. The largest absolute Gasteiger partial charge is 0.497 e. The Morgan fingerprint density at radius 1 is 1.31 bits per heavy atom. The standard InChI is InChI=1S/C19H26N4O3/c1-6-7-16(17(20)12-23-21)19(26-5)13(2)22-11-14-8-9-15(24-3)10-18(14)25-4/h6-10,12,20,22H,2,11,21H2,1,3-5H3/b7-6-,19-16-,20-17?,23-12-. The maximum atomic E-state index is 8.06. The summed E-state index contributed by atoms with van der Waals surface area (Å²) in [5, 5.41) is 14.6. The van der Waals surface area contributed by atoms with Crippen molar-refractivity contribution in [2.45, 2.75) is 13.5 Å². The lowest BCUT2D eigenvalue weighted by Crippen LogP contribution is -2.18. The first-order valence-corrected chi connectivity index (χ1v) is 7.89. The lowest BCUT2D eigenvalue weighted by molar-refractivity contribution is 0.294. The van der Waals surface area contributed by atoms with Gasteiger partial charge in [0.05, 0.1) is 39.0 Å². The van der Waals surface area contributed by atoms with Crippen LogP contribution in [0.3, 0.4) is 0 Å². The molecule has 7 nitrogen and oxygen atoms in total. The Hall–Kier alpha value is -3.22. The summed E-state index contributed by atoms with van der Waals surface area (Å²) in [4.78, 5) is 0. The number of hydrogen-bond acceptors (Lipinski definition) is 7. The molecule has 0 saturated carbocycles. The van der Waals surface area contributed by atoms with Crippen molar-refractivity contribution in [3.63, 3.8) is 0 Å². The van der Waals surface area contributed by atoms with Crippen LogP contribution in [-0.2, 0) is 11.3 Å². The van der Waals surface area contributed by atoms with Gasteiger partial charge in [0, 0.05) is 23.7 Å². The van der Waals surface area contributed by atoms with E-state index in [0.717, 1.165) is 5.56 Å². The van der Waals surface area contributed by atoms with E-state index in [-0.39, 0.29) is 5.71 Å². The molecule has 4 N–H and O–H groups in total. The number of allylic oxidation sites excluding steroid dienone is 3. The van der Waals surface area contributed by atoms with Crippen molar-refractivity contribution < 1.29 is 14.2 Å². The van der Waals surface area contributed by atoms with Gasteiger partial charge in [0.2, 0.25) is 0 Å². The predicted molar refractivity (Wildman–Crippen MR) is 105 cm³/mol. The molecule has 1 aromatic carbocycles. The zero-order valence-corrected chi connectivity index (χ0v) is 15.6. The lowest BCUT2D eigenvalue weighted by Gasteiger charge is -2.17. The molecular formula is C19H26N4O3. The number of hydrogen-bond donors (Lipinski definition) is 3. The number of benzene rings is 1. The van der Waals surface area contributed by atoms with E-state index in [0.29, 0.717) is 35.1 Å². The second-order valence-electron chi connectivity index (χ2n) is 5.15. The summed E-state index contributed by atoms with van der Waals surface area (Å²) in [5.74, 6) is 6.99. The minimum Gasteiger partial charge on any atom is -0.497 e. The van der Waals surface area contributed by atoms with E-state index >= 15 is 0 Å². The SMILES string of the molecule is C=C(NCc1ccc(OC)cc1OC)/C(OC)=C(\C=C/C)C(=N)/C=N\N. The molecule has 0 bridgehead atoms. The van der Waals surface area contributed by atoms with Gasteiger partial charge in [0.15, 0.2) is 5.76 Å². The van der Waals surface area contributed by atoms with Crippen molar-refractivity contribution in [1.29, 1.82) is 5.41 Å². The van der Waals surface area contributed by atoms with Gasteiger partial charge in [0.1, 0.15) is 11.5 Å². The molecule has 0 aromatic heterocycles. The number of nitrogens with one attached hydrogen (secondary N) is 2. The molecule has 7 heteroatoms. The summed E-state index contributed by atoms with van der Waals surface area (Å²) < 4.78 is 16.0. The molecule has 1 rings (SSSR count). The highest BCUT2D eigenvalue weighted by Gasteiger charge is 2.13. The Balaban J connectivity index is 3.06. The number of hydrazone groups is 1. The Kier molecular flexibility index (Phi) is 8.49. The Bertz CT molecular complexity index is 736. The summed E-state index contributed by atoms with van der Waals surface area (Å²) in [6, 6.07) is 5.57. The van der Waals surface area contributed by atoms with Gasteiger partial charge in [-0.25, -0.2) is 0 Å². The van der Waals surface area contributed by atoms with E-state index in [1.165, 1.54) is 13.3 Å². The smallest absolute Gasteiger partial charge is 0.150 e. The Morgan fingerprint density at radius 3 is 2.58 bits per heavy atom. The highest BCUT2D eigenvalue weighted by Crippen LogP contribution is 2.25. The average Bonchev–Trinajstić information content (AvgIpc) is 2.66. The van der Waals surface area contributed by atoms with Gasteiger partial charge in [-0.05, 0) is 19.1 Å². The number of methoxy groups -OCH3 is 3. The van der Waals surface area contributed by atoms with Crippen LogP contribution in [0.2, 0.25) is 0 Å². The van der Waals surface area contributed by atoms with E-state index in [4.69, 9.17) is 25.5 Å². The fraction of sp³-hybridized carbons (Fsp3) is 0.263. The van der Waals surface area contributed by atoms with Crippen LogP contribution in [0.25, 0.3) is 0 Å². The second kappa shape index (κ2) is 10.6. The number of nitrogens with two attached hydrogens (primary N) is 1. The molecule has 140 valence electrons. The van der Waals surface area contributed by atoms with Crippen molar-refractivity contribution in [2.75, 3.05) is 21.3 Å². The van der Waals surface area contributed by atoms with Crippen LogP contribution in [0, 0.1) is 5.41 Å². The highest BCUT2D eigenvalue weighted by molar-refractivity contribution is 6.37.